The van der Waals surface area contributed by atoms with Crippen molar-refractivity contribution in [2.24, 2.45) is 0 Å². The molecule has 6 heteroatoms. The van der Waals surface area contributed by atoms with Gasteiger partial charge in [0.05, 0.1) is 0 Å². The number of rotatable bonds is 53. The van der Waals surface area contributed by atoms with Crippen LogP contribution in [0, 0.1) is 0 Å². The number of carbonyl (C=O) groups excluding carboxylic acids is 3. The van der Waals surface area contributed by atoms with Gasteiger partial charge in [-0.3, -0.25) is 14.4 Å². The summed E-state index contributed by atoms with van der Waals surface area (Å²) in [6.45, 7) is 6.39. The molecule has 410 valence electrons. The average Bonchev–Trinajstić information content (AvgIpc) is 3.38. The first-order chi connectivity index (χ1) is 35.5. The quantitative estimate of drug-likeness (QED) is 0.0261. The van der Waals surface area contributed by atoms with Crippen LogP contribution in [0.2, 0.25) is 0 Å². The molecular formula is C66H110O6. The van der Waals surface area contributed by atoms with E-state index in [1.165, 1.54) is 109 Å². The lowest BCUT2D eigenvalue weighted by Gasteiger charge is -2.18. The fraction of sp³-hybridized carbons (Fsp3) is 0.682. The predicted molar refractivity (Wildman–Crippen MR) is 311 cm³/mol. The highest BCUT2D eigenvalue weighted by atomic mass is 16.6. The molecule has 0 radical (unpaired) electrons. The summed E-state index contributed by atoms with van der Waals surface area (Å²) in [6.07, 6.45) is 80.8. The summed E-state index contributed by atoms with van der Waals surface area (Å²) in [6, 6.07) is 0. The summed E-state index contributed by atoms with van der Waals surface area (Å²) in [4.78, 5) is 38.2. The number of hydrogen-bond donors (Lipinski definition) is 0. The van der Waals surface area contributed by atoms with E-state index < -0.39 is 6.10 Å². The molecule has 0 aliphatic carbocycles. The van der Waals surface area contributed by atoms with Crippen molar-refractivity contribution in [1.29, 1.82) is 0 Å². The lowest BCUT2D eigenvalue weighted by atomic mass is 10.0. The molecule has 0 aromatic carbocycles. The second kappa shape index (κ2) is 59.6. The van der Waals surface area contributed by atoms with Crippen LogP contribution in [0.25, 0.3) is 0 Å². The highest BCUT2D eigenvalue weighted by Gasteiger charge is 2.19. The van der Waals surface area contributed by atoms with Gasteiger partial charge < -0.3 is 14.2 Å². The van der Waals surface area contributed by atoms with Gasteiger partial charge >= 0.3 is 17.9 Å². The van der Waals surface area contributed by atoms with Gasteiger partial charge in [0.25, 0.3) is 0 Å². The first-order valence-electron chi connectivity index (χ1n) is 29.9. The normalized spacial score (nSPS) is 12.9. The Bertz CT molecular complexity index is 1470. The van der Waals surface area contributed by atoms with Crippen molar-refractivity contribution < 1.29 is 28.6 Å². The van der Waals surface area contributed by atoms with E-state index in [9.17, 15) is 14.4 Å². The first kappa shape index (κ1) is 68.1. The van der Waals surface area contributed by atoms with Crippen molar-refractivity contribution in [1.82, 2.24) is 0 Å². The minimum Gasteiger partial charge on any atom is -0.462 e. The zero-order valence-corrected chi connectivity index (χ0v) is 46.9. The molecule has 0 aliphatic heterocycles. The second-order valence-electron chi connectivity index (χ2n) is 19.5. The van der Waals surface area contributed by atoms with Crippen LogP contribution < -0.4 is 0 Å². The molecule has 0 aromatic rings. The van der Waals surface area contributed by atoms with Gasteiger partial charge in [0, 0.05) is 19.3 Å². The largest absolute Gasteiger partial charge is 0.462 e. The third-order valence-electron chi connectivity index (χ3n) is 12.5. The summed E-state index contributed by atoms with van der Waals surface area (Å²) in [5, 5.41) is 0. The molecule has 0 saturated heterocycles. The van der Waals surface area contributed by atoms with Crippen LogP contribution in [0.3, 0.4) is 0 Å². The monoisotopic (exact) mass is 999 g/mol. The van der Waals surface area contributed by atoms with Crippen molar-refractivity contribution in [3.05, 3.63) is 109 Å². The lowest BCUT2D eigenvalue weighted by Crippen LogP contribution is -2.30. The second-order valence-corrected chi connectivity index (χ2v) is 19.5. The van der Waals surface area contributed by atoms with Crippen LogP contribution in [0.4, 0.5) is 0 Å². The smallest absolute Gasteiger partial charge is 0.306 e. The summed E-state index contributed by atoms with van der Waals surface area (Å²) >= 11 is 0. The van der Waals surface area contributed by atoms with Crippen LogP contribution in [-0.2, 0) is 28.6 Å². The molecule has 0 fully saturated rings. The van der Waals surface area contributed by atoms with Gasteiger partial charge in [-0.25, -0.2) is 0 Å². The van der Waals surface area contributed by atoms with Crippen molar-refractivity contribution in [2.45, 2.75) is 277 Å². The number of unbranched alkanes of at least 4 members (excludes halogenated alkanes) is 24. The Morgan fingerprint density at radius 1 is 0.292 bits per heavy atom. The average molecular weight is 1000 g/mol. The molecule has 0 saturated carbocycles. The fourth-order valence-electron chi connectivity index (χ4n) is 8.11. The zero-order valence-electron chi connectivity index (χ0n) is 46.9. The van der Waals surface area contributed by atoms with Gasteiger partial charge in [0.15, 0.2) is 6.10 Å². The fourth-order valence-corrected chi connectivity index (χ4v) is 8.11. The SMILES string of the molecule is CC/C=C\C/C=C\C/C=C\C/C=C\C/C=C\C/C=C\CCCCC(=O)OCC(COC(=O)CCCCCCCCCCCCCCCCCC)OC(=O)CCCCCCCCC/C=C\C/C=C\C/C=C\CC. The molecule has 1 atom stereocenters. The molecule has 0 spiro atoms. The molecular weight excluding hydrogens is 889 g/mol. The summed E-state index contributed by atoms with van der Waals surface area (Å²) in [5.41, 5.74) is 0. The van der Waals surface area contributed by atoms with Gasteiger partial charge in [-0.1, -0.05) is 259 Å². The van der Waals surface area contributed by atoms with Gasteiger partial charge in [-0.05, 0) is 103 Å². The number of ether oxygens (including phenoxy) is 3. The Labute approximate surface area is 444 Å². The zero-order chi connectivity index (χ0) is 52.2. The molecule has 0 heterocycles. The molecule has 1 unspecified atom stereocenters. The molecule has 0 bridgehead atoms. The van der Waals surface area contributed by atoms with Crippen LogP contribution in [0.15, 0.2) is 109 Å². The van der Waals surface area contributed by atoms with Crippen LogP contribution >= 0.6 is 0 Å². The molecule has 72 heavy (non-hydrogen) atoms. The van der Waals surface area contributed by atoms with Crippen molar-refractivity contribution in [3.8, 4) is 0 Å². The molecule has 6 nitrogen and oxygen atoms in total. The number of esters is 3. The summed E-state index contributed by atoms with van der Waals surface area (Å²) < 4.78 is 16.9. The first-order valence-corrected chi connectivity index (χ1v) is 29.9. The maximum Gasteiger partial charge on any atom is 0.306 e. The predicted octanol–water partition coefficient (Wildman–Crippen LogP) is 20.3. The Morgan fingerprint density at radius 2 is 0.542 bits per heavy atom. The van der Waals surface area contributed by atoms with E-state index in [0.717, 1.165) is 122 Å². The maximum atomic E-state index is 12.9. The van der Waals surface area contributed by atoms with Crippen molar-refractivity contribution >= 4 is 17.9 Å². The van der Waals surface area contributed by atoms with E-state index in [0.29, 0.717) is 19.3 Å². The van der Waals surface area contributed by atoms with Gasteiger partial charge in [0.2, 0.25) is 0 Å². The van der Waals surface area contributed by atoms with E-state index in [1.807, 2.05) is 0 Å². The van der Waals surface area contributed by atoms with E-state index in [-0.39, 0.29) is 31.1 Å². The Balaban J connectivity index is 4.48. The minimum absolute atomic E-state index is 0.0953. The van der Waals surface area contributed by atoms with Gasteiger partial charge in [-0.2, -0.15) is 0 Å². The number of hydrogen-bond acceptors (Lipinski definition) is 6. The van der Waals surface area contributed by atoms with E-state index >= 15 is 0 Å². The molecule has 0 aliphatic rings. The Morgan fingerprint density at radius 3 is 0.875 bits per heavy atom. The topological polar surface area (TPSA) is 78.9 Å². The Kier molecular flexibility index (Phi) is 56.4. The standard InChI is InChI=1S/C66H110O6/c1-4-7-10-13-16-19-22-25-28-31-32-33-34-36-38-41-44-47-50-53-56-59-65(68)71-62-63(61-70-64(67)58-55-52-49-46-43-40-37-30-27-24-21-18-15-12-9-6-3)72-66(69)60-57-54-51-48-45-42-39-35-29-26-23-20-17-14-11-8-5-2/h7-8,10-11,16-17,19-20,25-26,28-29,32-33,36,38,44,47,63H,4-6,9,12-15,18,21-24,27,30-31,34-35,37,39-43,45-46,48-62H2,1-3H3/b10-7-,11-8-,19-16-,20-17-,28-25-,29-26-,33-32-,38-36-,47-44-. The summed E-state index contributed by atoms with van der Waals surface area (Å²) in [7, 11) is 0. The molecule has 0 amide bonds. The molecule has 0 aromatic heterocycles. The molecule has 0 rings (SSSR count). The third kappa shape index (κ3) is 57.0. The van der Waals surface area contributed by atoms with Gasteiger partial charge in [0.1, 0.15) is 13.2 Å². The van der Waals surface area contributed by atoms with Crippen LogP contribution in [-0.4, -0.2) is 37.2 Å². The van der Waals surface area contributed by atoms with Crippen molar-refractivity contribution in [3.63, 3.8) is 0 Å². The highest BCUT2D eigenvalue weighted by Crippen LogP contribution is 2.16. The third-order valence-corrected chi connectivity index (χ3v) is 12.5. The number of carbonyl (C=O) groups is 3. The highest BCUT2D eigenvalue weighted by molar-refractivity contribution is 5.71. The Hall–Kier alpha value is -3.93. The van der Waals surface area contributed by atoms with E-state index in [1.54, 1.807) is 0 Å². The van der Waals surface area contributed by atoms with Crippen molar-refractivity contribution in [2.75, 3.05) is 13.2 Å². The molecule has 0 N–H and O–H groups in total. The summed E-state index contributed by atoms with van der Waals surface area (Å²) in [5.74, 6) is -0.945. The van der Waals surface area contributed by atoms with E-state index in [2.05, 4.69) is 130 Å². The lowest BCUT2D eigenvalue weighted by molar-refractivity contribution is -0.167. The number of allylic oxidation sites excluding steroid dienone is 18. The van der Waals surface area contributed by atoms with Crippen LogP contribution in [0.5, 0.6) is 0 Å². The van der Waals surface area contributed by atoms with E-state index in [4.69, 9.17) is 14.2 Å². The van der Waals surface area contributed by atoms with Crippen LogP contribution in [0.1, 0.15) is 271 Å². The maximum absolute atomic E-state index is 12.9. The minimum atomic E-state index is -0.803. The van der Waals surface area contributed by atoms with Gasteiger partial charge in [-0.15, -0.1) is 0 Å².